The first-order valence-corrected chi connectivity index (χ1v) is 14.6. The number of H-pyrrole nitrogens is 1. The van der Waals surface area contributed by atoms with Gasteiger partial charge in [-0.15, -0.1) is 0 Å². The number of hydrogen-bond donors (Lipinski definition) is 5. The third-order valence-electron chi connectivity index (χ3n) is 8.97. The van der Waals surface area contributed by atoms with Crippen LogP contribution < -0.4 is 4.74 Å². The van der Waals surface area contributed by atoms with E-state index in [9.17, 15) is 25.2 Å². The van der Waals surface area contributed by atoms with Crippen molar-refractivity contribution >= 4 is 38.4 Å². The topological polar surface area (TPSA) is 141 Å². The molecule has 0 radical (unpaired) electrons. The Kier molecular flexibility index (Phi) is 6.97. The fraction of sp³-hybridized carbons (Fsp3) is 0.324. The summed E-state index contributed by atoms with van der Waals surface area (Å²) in [5.74, 6) is -3.25. The Morgan fingerprint density at radius 3 is 2.35 bits per heavy atom. The number of carbonyl (C=O) groups is 1. The van der Waals surface area contributed by atoms with Crippen molar-refractivity contribution < 1.29 is 39.4 Å². The molecule has 9 heteroatoms. The van der Waals surface area contributed by atoms with Crippen molar-refractivity contribution in [3.05, 3.63) is 90.1 Å². The molecule has 9 nitrogen and oxygen atoms in total. The summed E-state index contributed by atoms with van der Waals surface area (Å²) in [6, 6.07) is 25.0. The zero-order chi connectivity index (χ0) is 29.8. The number of aromatic nitrogens is 1. The first-order valence-electron chi connectivity index (χ1n) is 14.6. The number of benzene rings is 4. The van der Waals surface area contributed by atoms with Crippen LogP contribution in [0.3, 0.4) is 0 Å². The molecule has 4 aromatic carbocycles. The molecule has 43 heavy (non-hydrogen) atoms. The second-order valence-corrected chi connectivity index (χ2v) is 11.6. The molecule has 5 N–H and O–H groups in total. The number of ether oxygens (including phenoxy) is 3. The van der Waals surface area contributed by atoms with Gasteiger partial charge >= 0.3 is 5.97 Å². The van der Waals surface area contributed by atoms with Gasteiger partial charge in [-0.1, -0.05) is 73.5 Å². The van der Waals surface area contributed by atoms with Crippen LogP contribution in [0.4, 0.5) is 0 Å². The zero-order valence-electron chi connectivity index (χ0n) is 23.4. The van der Waals surface area contributed by atoms with E-state index in [2.05, 4.69) is 4.98 Å². The van der Waals surface area contributed by atoms with Crippen molar-refractivity contribution in [3.8, 4) is 5.75 Å². The molecule has 5 aromatic rings. The smallest absolute Gasteiger partial charge is 0.343 e. The third kappa shape index (κ3) is 4.60. The fourth-order valence-electron chi connectivity index (χ4n) is 6.66. The SMILES string of the molecule is O=C(Oc1c(CO)[nH]c2ccc3cc4ccccc4cc3c12)C1OC(O)(C2(O)CCCC2)C(O)C1OCc1ccccc1. The number of nitrogens with one attached hydrogen (secondary N) is 1. The second-order valence-electron chi connectivity index (χ2n) is 11.6. The lowest BCUT2D eigenvalue weighted by atomic mass is 9.86. The lowest BCUT2D eigenvalue weighted by molar-refractivity contribution is -0.313. The lowest BCUT2D eigenvalue weighted by Gasteiger charge is -2.39. The van der Waals surface area contributed by atoms with Crippen LogP contribution in [0.25, 0.3) is 32.4 Å². The van der Waals surface area contributed by atoms with Gasteiger partial charge < -0.3 is 39.6 Å². The van der Waals surface area contributed by atoms with E-state index in [0.29, 0.717) is 23.7 Å². The molecule has 2 heterocycles. The minimum Gasteiger partial charge on any atom is -0.422 e. The van der Waals surface area contributed by atoms with E-state index >= 15 is 0 Å². The van der Waals surface area contributed by atoms with E-state index in [4.69, 9.17) is 14.2 Å². The van der Waals surface area contributed by atoms with Crippen molar-refractivity contribution in [2.24, 2.45) is 0 Å². The van der Waals surface area contributed by atoms with E-state index in [1.807, 2.05) is 78.9 Å². The lowest BCUT2D eigenvalue weighted by Crippen LogP contribution is -2.60. The zero-order valence-corrected chi connectivity index (χ0v) is 23.4. The summed E-state index contributed by atoms with van der Waals surface area (Å²) in [5, 5.41) is 48.9. The number of aromatic amines is 1. The van der Waals surface area contributed by atoms with E-state index < -0.39 is 42.3 Å². The average molecular weight is 584 g/mol. The van der Waals surface area contributed by atoms with Gasteiger partial charge in [-0.2, -0.15) is 0 Å². The molecule has 4 unspecified atom stereocenters. The largest absolute Gasteiger partial charge is 0.422 e. The molecule has 7 rings (SSSR count). The maximum atomic E-state index is 13.9. The molecule has 0 amide bonds. The highest BCUT2D eigenvalue weighted by Gasteiger charge is 2.67. The average Bonchev–Trinajstić information content (AvgIpc) is 3.71. The predicted octanol–water partition coefficient (Wildman–Crippen LogP) is 4.21. The van der Waals surface area contributed by atoms with Crippen molar-refractivity contribution in [2.75, 3.05) is 0 Å². The van der Waals surface area contributed by atoms with Crippen molar-refractivity contribution in [1.29, 1.82) is 0 Å². The molecule has 222 valence electrons. The number of fused-ring (bicyclic) bond motifs is 4. The van der Waals surface area contributed by atoms with Gasteiger partial charge in [0, 0.05) is 0 Å². The van der Waals surface area contributed by atoms with E-state index in [0.717, 1.165) is 27.1 Å². The summed E-state index contributed by atoms with van der Waals surface area (Å²) in [5.41, 5.74) is -0.0243. The normalized spacial score (nSPS) is 25.2. The van der Waals surface area contributed by atoms with Gasteiger partial charge in [-0.3, -0.25) is 0 Å². The van der Waals surface area contributed by atoms with E-state index in [-0.39, 0.29) is 30.9 Å². The maximum Gasteiger partial charge on any atom is 0.343 e. The summed E-state index contributed by atoms with van der Waals surface area (Å²) in [6.07, 6.45) is -2.97. The Balaban J connectivity index is 1.27. The minimum atomic E-state index is -2.44. The molecule has 4 atom stereocenters. The Morgan fingerprint density at radius 1 is 0.930 bits per heavy atom. The van der Waals surface area contributed by atoms with Gasteiger partial charge in [0.25, 0.3) is 0 Å². The van der Waals surface area contributed by atoms with Gasteiger partial charge in [0.2, 0.25) is 5.79 Å². The number of hydrogen-bond acceptors (Lipinski definition) is 8. The Bertz CT molecular complexity index is 1810. The fourth-order valence-corrected chi connectivity index (χ4v) is 6.66. The van der Waals surface area contributed by atoms with Gasteiger partial charge in [0.05, 0.1) is 29.8 Å². The number of aliphatic hydroxyl groups excluding tert-OH is 2. The van der Waals surface area contributed by atoms with Crippen LogP contribution in [-0.4, -0.2) is 61.1 Å². The number of esters is 1. The first-order chi connectivity index (χ1) is 20.8. The molecule has 1 aliphatic heterocycles. The molecule has 2 aliphatic rings. The molecule has 1 aromatic heterocycles. The molecule has 1 saturated heterocycles. The minimum absolute atomic E-state index is 0.0247. The Morgan fingerprint density at radius 2 is 1.63 bits per heavy atom. The van der Waals surface area contributed by atoms with Crippen LogP contribution >= 0.6 is 0 Å². The summed E-state index contributed by atoms with van der Waals surface area (Å²) in [6.45, 7) is -0.408. The summed E-state index contributed by atoms with van der Waals surface area (Å²) in [4.78, 5) is 17.1. The molecule has 2 fully saturated rings. The monoisotopic (exact) mass is 583 g/mol. The highest BCUT2D eigenvalue weighted by molar-refractivity contribution is 6.14. The summed E-state index contributed by atoms with van der Waals surface area (Å²) < 4.78 is 17.9. The van der Waals surface area contributed by atoms with E-state index in [1.54, 1.807) is 0 Å². The quantitative estimate of drug-likeness (QED) is 0.142. The van der Waals surface area contributed by atoms with Gasteiger partial charge in [0.1, 0.15) is 17.8 Å². The first kappa shape index (κ1) is 28.0. The highest BCUT2D eigenvalue weighted by atomic mass is 16.7. The van der Waals surface area contributed by atoms with Crippen LogP contribution in [0.2, 0.25) is 0 Å². The third-order valence-corrected chi connectivity index (χ3v) is 8.97. The van der Waals surface area contributed by atoms with Gasteiger partial charge in [0.15, 0.2) is 11.9 Å². The summed E-state index contributed by atoms with van der Waals surface area (Å²) in [7, 11) is 0. The van der Waals surface area contributed by atoms with Crippen LogP contribution in [0.1, 0.15) is 36.9 Å². The summed E-state index contributed by atoms with van der Waals surface area (Å²) >= 11 is 0. The number of carbonyl (C=O) groups excluding carboxylic acids is 1. The maximum absolute atomic E-state index is 13.9. The van der Waals surface area contributed by atoms with Gasteiger partial charge in [-0.05, 0) is 58.1 Å². The van der Waals surface area contributed by atoms with E-state index in [1.165, 1.54) is 0 Å². The van der Waals surface area contributed by atoms with Gasteiger partial charge in [-0.25, -0.2) is 4.79 Å². The molecule has 1 saturated carbocycles. The van der Waals surface area contributed by atoms with Crippen LogP contribution in [0.5, 0.6) is 5.75 Å². The van der Waals surface area contributed by atoms with Crippen molar-refractivity contribution in [3.63, 3.8) is 0 Å². The Labute approximate surface area is 247 Å². The predicted molar refractivity (Wildman–Crippen MR) is 159 cm³/mol. The van der Waals surface area contributed by atoms with Crippen LogP contribution in [-0.2, 0) is 27.5 Å². The molecule has 0 spiro atoms. The number of aliphatic hydroxyl groups is 4. The molecular weight excluding hydrogens is 550 g/mol. The standard InChI is InChI=1S/C34H33NO8/c36-18-26-28(27-24-17-22-11-5-4-10-21(22)16-23(24)12-13-25(27)35-26)42-32(38)30-29(41-19-20-8-2-1-3-9-20)31(37)34(40,43-30)33(39)14-6-7-15-33/h1-5,8-13,16-17,29-31,35-37,39-40H,6-7,14-15,18-19H2. The van der Waals surface area contributed by atoms with Crippen LogP contribution in [0.15, 0.2) is 78.9 Å². The molecular formula is C34H33NO8. The molecule has 0 bridgehead atoms. The molecule has 1 aliphatic carbocycles. The Hall–Kier alpha value is -3.83. The van der Waals surface area contributed by atoms with Crippen LogP contribution in [0, 0.1) is 0 Å². The second kappa shape index (κ2) is 10.7. The highest BCUT2D eigenvalue weighted by Crippen LogP contribution is 2.47. The van der Waals surface area contributed by atoms with Crippen molar-refractivity contribution in [1.82, 2.24) is 4.98 Å². The number of rotatable bonds is 7. The van der Waals surface area contributed by atoms with Crippen molar-refractivity contribution in [2.45, 2.75) is 68.6 Å².